The number of amides is 1. The van der Waals surface area contributed by atoms with Gasteiger partial charge in [0, 0.05) is 23.5 Å². The number of aliphatic hydroxyl groups is 1. The first kappa shape index (κ1) is 68.5. The Labute approximate surface area is 467 Å². The van der Waals surface area contributed by atoms with Crippen molar-refractivity contribution < 1.29 is 66.2 Å². The number of hydrogen-bond donors (Lipinski definition) is 3. The van der Waals surface area contributed by atoms with Gasteiger partial charge in [-0.1, -0.05) is 231 Å². The molecule has 0 aromatic heterocycles. The van der Waals surface area contributed by atoms with E-state index in [2.05, 4.69) is 26.1 Å². The molecule has 1 saturated heterocycles. The van der Waals surface area contributed by atoms with Crippen LogP contribution in [-0.4, -0.2) is 89.9 Å². The summed E-state index contributed by atoms with van der Waals surface area (Å²) in [4.78, 5) is 53.8. The molecule has 3 N–H and O–H groups in total. The maximum Gasteiger partial charge on any atom is 0.329 e. The number of ether oxygens (including phenoxy) is 4. The Balaban J connectivity index is 1.94. The van der Waals surface area contributed by atoms with Gasteiger partial charge < -0.3 is 39.0 Å². The van der Waals surface area contributed by atoms with Crippen LogP contribution in [0.3, 0.4) is 0 Å². The van der Waals surface area contributed by atoms with Crippen LogP contribution in [0.2, 0.25) is 0 Å². The number of rotatable bonds is 47. The van der Waals surface area contributed by atoms with Gasteiger partial charge in [0.1, 0.15) is 31.0 Å². The van der Waals surface area contributed by atoms with Crippen molar-refractivity contribution in [3.63, 3.8) is 0 Å². The first-order valence-corrected chi connectivity index (χ1v) is 32.0. The van der Waals surface area contributed by atoms with Crippen LogP contribution in [0.1, 0.15) is 239 Å². The van der Waals surface area contributed by atoms with Gasteiger partial charge in [-0.3, -0.25) is 18.9 Å². The molecule has 0 unspecified atom stereocenters. The third-order valence-electron chi connectivity index (χ3n) is 14.7. The normalized spacial score (nSPS) is 18.1. The molecule has 1 aliphatic heterocycles. The van der Waals surface area contributed by atoms with E-state index in [1.807, 2.05) is 0 Å². The Hall–Kier alpha value is -3.75. The zero-order valence-corrected chi connectivity index (χ0v) is 48.8. The minimum atomic E-state index is -4.26. The minimum Gasteiger partial charge on any atom is -0.480 e. The summed E-state index contributed by atoms with van der Waals surface area (Å²) in [6, 6.07) is 14.4. The van der Waals surface area contributed by atoms with E-state index in [1.54, 1.807) is 60.7 Å². The van der Waals surface area contributed by atoms with Gasteiger partial charge >= 0.3 is 23.8 Å². The molecule has 2 aromatic carbocycles. The van der Waals surface area contributed by atoms with Crippen molar-refractivity contribution in [2.75, 3.05) is 13.2 Å². The SMILES string of the molecule is CCCCCCCCCCCCCC(=O)O[C@H](CCCCCCCCCCC)CC(=O)O[C@@H]1[C@@H](NC(=O)C(F)(F)CCCCCCCCCCCC)[C@H](OCC(=O)O)O[C@H](CO)[C@H]1OP(=O)(c1ccccc1)c1ccccc1. The average Bonchev–Trinajstić information content (AvgIpc) is 3.48. The van der Waals surface area contributed by atoms with Crippen molar-refractivity contribution in [1.82, 2.24) is 5.32 Å². The van der Waals surface area contributed by atoms with Crippen molar-refractivity contribution >= 4 is 41.8 Å². The van der Waals surface area contributed by atoms with Crippen LogP contribution in [0.4, 0.5) is 8.78 Å². The molecule has 78 heavy (non-hydrogen) atoms. The molecule has 13 nitrogen and oxygen atoms in total. The number of esters is 2. The lowest BCUT2D eigenvalue weighted by molar-refractivity contribution is -0.269. The molecule has 1 amide bonds. The largest absolute Gasteiger partial charge is 0.480 e. The zero-order valence-electron chi connectivity index (χ0n) is 47.9. The molecule has 0 spiro atoms. The van der Waals surface area contributed by atoms with E-state index in [9.17, 15) is 29.4 Å². The van der Waals surface area contributed by atoms with E-state index in [1.165, 1.54) is 70.6 Å². The maximum absolute atomic E-state index is 16.0. The molecule has 2 aromatic rings. The lowest BCUT2D eigenvalue weighted by atomic mass is 9.95. The molecular formula is C62H100F2NO12P. The van der Waals surface area contributed by atoms with Crippen LogP contribution in [0.5, 0.6) is 0 Å². The fraction of sp³-hybridized carbons (Fsp3) is 0.742. The second-order valence-corrected chi connectivity index (χ2v) is 23.9. The number of carboxylic acids is 1. The van der Waals surface area contributed by atoms with Gasteiger partial charge in [0.2, 0.25) is 0 Å². The van der Waals surface area contributed by atoms with Gasteiger partial charge in [-0.25, -0.2) is 4.79 Å². The first-order chi connectivity index (χ1) is 37.8. The number of unbranched alkanes of at least 4 members (excludes halogenated alkanes) is 27. The van der Waals surface area contributed by atoms with Crippen LogP contribution in [0.25, 0.3) is 0 Å². The Morgan fingerprint density at radius 2 is 1.05 bits per heavy atom. The molecule has 0 aliphatic carbocycles. The molecule has 0 bridgehead atoms. The summed E-state index contributed by atoms with van der Waals surface area (Å²) >= 11 is 0. The topological polar surface area (TPSA) is 184 Å². The lowest BCUT2D eigenvalue weighted by Crippen LogP contribution is -2.67. The highest BCUT2D eigenvalue weighted by Gasteiger charge is 2.54. The molecule has 0 saturated carbocycles. The summed E-state index contributed by atoms with van der Waals surface area (Å²) in [6.45, 7) is 4.64. The third kappa shape index (κ3) is 27.6. The van der Waals surface area contributed by atoms with E-state index in [-0.39, 0.29) is 23.5 Å². The van der Waals surface area contributed by atoms with E-state index >= 15 is 13.3 Å². The zero-order chi connectivity index (χ0) is 56.7. The highest BCUT2D eigenvalue weighted by molar-refractivity contribution is 7.74. The monoisotopic (exact) mass is 1120 g/mol. The second-order valence-electron chi connectivity index (χ2n) is 21.5. The molecule has 3 rings (SSSR count). The van der Waals surface area contributed by atoms with Crippen molar-refractivity contribution in [3.8, 4) is 0 Å². The maximum atomic E-state index is 16.0. The first-order valence-electron chi connectivity index (χ1n) is 30.4. The third-order valence-corrected chi connectivity index (χ3v) is 17.2. The van der Waals surface area contributed by atoms with E-state index < -0.39 is 99.9 Å². The lowest BCUT2D eigenvalue weighted by Gasteiger charge is -2.46. The van der Waals surface area contributed by atoms with E-state index in [0.717, 1.165) is 96.3 Å². The van der Waals surface area contributed by atoms with Gasteiger partial charge in [0.25, 0.3) is 13.3 Å². The summed E-state index contributed by atoms with van der Waals surface area (Å²) in [7, 11) is -4.26. The van der Waals surface area contributed by atoms with Crippen LogP contribution < -0.4 is 15.9 Å². The van der Waals surface area contributed by atoms with E-state index in [4.69, 9.17) is 23.5 Å². The number of benzene rings is 2. The molecule has 1 aliphatic rings. The van der Waals surface area contributed by atoms with Gasteiger partial charge in [0.05, 0.1) is 13.0 Å². The Morgan fingerprint density at radius 3 is 1.50 bits per heavy atom. The van der Waals surface area contributed by atoms with E-state index in [0.29, 0.717) is 25.7 Å². The summed E-state index contributed by atoms with van der Waals surface area (Å²) in [5, 5.41) is 23.3. The quantitative estimate of drug-likeness (QED) is 0.0324. The van der Waals surface area contributed by atoms with Crippen molar-refractivity contribution in [2.45, 2.75) is 282 Å². The molecule has 0 radical (unpaired) electrons. The number of hydrogen-bond acceptors (Lipinski definition) is 11. The smallest absolute Gasteiger partial charge is 0.329 e. The molecule has 444 valence electrons. The predicted octanol–water partition coefficient (Wildman–Crippen LogP) is 14.4. The van der Waals surface area contributed by atoms with Crippen LogP contribution in [-0.2, 0) is 47.2 Å². The Morgan fingerprint density at radius 1 is 0.615 bits per heavy atom. The second kappa shape index (κ2) is 41.3. The number of carbonyl (C=O) groups is 4. The molecular weight excluding hydrogens is 1020 g/mol. The minimum absolute atomic E-state index is 0.0444. The number of halogens is 2. The van der Waals surface area contributed by atoms with Crippen molar-refractivity contribution in [2.24, 2.45) is 0 Å². The standard InChI is InChI=1S/C62H100F2NO12P/c1-4-7-10-13-16-19-21-23-26-29-38-45-55(69)74-50(40-33-28-25-22-18-15-12-9-6-3)47-56(70)76-59-57(65-61(71)62(63,64)46-39-30-27-24-20-17-14-11-8-5-2)60(73-49-54(67)68)75-53(48-66)58(59)77-78(72,51-41-34-31-35-42-51)52-43-36-32-37-44-52/h31-32,34-37,41-44,50,53,57-60,66H,4-30,33,38-40,45-49H2,1-3H3,(H,65,71)(H,67,68)/t50-,53-,57-,58-,59-,60-/m1/s1. The van der Waals surface area contributed by atoms with Gasteiger partial charge in [-0.15, -0.1) is 0 Å². The highest BCUT2D eigenvalue weighted by Crippen LogP contribution is 2.48. The van der Waals surface area contributed by atoms with Gasteiger partial charge in [-0.2, -0.15) is 8.78 Å². The number of aliphatic hydroxyl groups excluding tert-OH is 1. The molecule has 6 atom stereocenters. The highest BCUT2D eigenvalue weighted by atomic mass is 31.2. The molecule has 1 heterocycles. The Bertz CT molecular complexity index is 1900. The van der Waals surface area contributed by atoms with Crippen molar-refractivity contribution in [1.29, 1.82) is 0 Å². The van der Waals surface area contributed by atoms with Gasteiger partial charge in [-0.05, 0) is 49.9 Å². The molecule has 16 heteroatoms. The Kier molecular flexibility index (Phi) is 36.3. The number of carbonyl (C=O) groups excluding carboxylic acids is 3. The number of nitrogens with one attached hydrogen (secondary N) is 1. The van der Waals surface area contributed by atoms with Crippen LogP contribution in [0, 0.1) is 0 Å². The summed E-state index contributed by atoms with van der Waals surface area (Å²) in [5.41, 5.74) is 0. The summed E-state index contributed by atoms with van der Waals surface area (Å²) in [5.74, 6) is -8.60. The summed E-state index contributed by atoms with van der Waals surface area (Å²) < 4.78 is 78.0. The molecule has 1 fully saturated rings. The van der Waals surface area contributed by atoms with Crippen molar-refractivity contribution in [3.05, 3.63) is 60.7 Å². The fourth-order valence-corrected chi connectivity index (χ4v) is 12.4. The summed E-state index contributed by atoms with van der Waals surface area (Å²) in [6.07, 6.45) is 21.7. The number of alkyl halides is 2. The number of aliphatic carboxylic acids is 1. The fourth-order valence-electron chi connectivity index (χ4n) is 10.1. The average molecular weight is 1120 g/mol. The van der Waals surface area contributed by atoms with Crippen LogP contribution in [0.15, 0.2) is 60.7 Å². The van der Waals surface area contributed by atoms with Gasteiger partial charge in [0.15, 0.2) is 12.4 Å². The predicted molar refractivity (Wildman–Crippen MR) is 305 cm³/mol. The van der Waals surface area contributed by atoms with Crippen LogP contribution >= 0.6 is 7.37 Å². The number of carboxylic acid groups (broad SMARTS) is 1.